The second kappa shape index (κ2) is 5.98. The first-order valence-electron chi connectivity index (χ1n) is 6.14. The van der Waals surface area contributed by atoms with Crippen molar-refractivity contribution in [3.05, 3.63) is 35.4 Å². The van der Waals surface area contributed by atoms with Crippen molar-refractivity contribution in [3.8, 4) is 0 Å². The van der Waals surface area contributed by atoms with E-state index in [1.54, 1.807) is 7.11 Å². The number of carbonyl (C=O) groups is 1. The maximum atomic E-state index is 11.2. The van der Waals surface area contributed by atoms with Crippen LogP contribution in [0.15, 0.2) is 24.3 Å². The fourth-order valence-corrected chi connectivity index (χ4v) is 2.33. The van der Waals surface area contributed by atoms with Gasteiger partial charge in [0.05, 0.1) is 18.6 Å². The zero-order valence-electron chi connectivity index (χ0n) is 10.5. The summed E-state index contributed by atoms with van der Waals surface area (Å²) in [5, 5.41) is 9.21. The van der Waals surface area contributed by atoms with Crippen LogP contribution in [0.2, 0.25) is 0 Å². The second-order valence-corrected chi connectivity index (χ2v) is 4.55. The molecule has 98 valence electrons. The van der Waals surface area contributed by atoms with E-state index in [2.05, 4.69) is 0 Å². The molecule has 2 unspecified atom stereocenters. The molecule has 1 aromatic carbocycles. The molecule has 1 aromatic rings. The molecule has 0 saturated carbocycles. The van der Waals surface area contributed by atoms with Gasteiger partial charge < -0.3 is 14.6 Å². The van der Waals surface area contributed by atoms with Crippen LogP contribution < -0.4 is 0 Å². The van der Waals surface area contributed by atoms with Crippen LogP contribution >= 0.6 is 0 Å². The molecule has 1 heterocycles. The van der Waals surface area contributed by atoms with Crippen molar-refractivity contribution in [2.24, 2.45) is 5.92 Å². The zero-order chi connectivity index (χ0) is 13.0. The molecule has 0 aliphatic carbocycles. The molecule has 4 nitrogen and oxygen atoms in total. The predicted molar refractivity (Wildman–Crippen MR) is 66.2 cm³/mol. The average Bonchev–Trinajstić information content (AvgIpc) is 2.40. The van der Waals surface area contributed by atoms with E-state index in [1.807, 2.05) is 24.3 Å². The van der Waals surface area contributed by atoms with Crippen LogP contribution in [0.3, 0.4) is 0 Å². The van der Waals surface area contributed by atoms with Gasteiger partial charge in [0.25, 0.3) is 0 Å². The molecule has 0 bridgehead atoms. The van der Waals surface area contributed by atoms with Crippen molar-refractivity contribution in [1.29, 1.82) is 0 Å². The van der Waals surface area contributed by atoms with Gasteiger partial charge in [-0.05, 0) is 24.0 Å². The molecule has 0 aromatic heterocycles. The molecule has 0 radical (unpaired) electrons. The number of ether oxygens (including phenoxy) is 2. The van der Waals surface area contributed by atoms with E-state index in [0.29, 0.717) is 19.6 Å². The molecule has 1 aliphatic heterocycles. The minimum atomic E-state index is -0.777. The third-order valence-electron chi connectivity index (χ3n) is 3.26. The summed E-state index contributed by atoms with van der Waals surface area (Å²) in [5.41, 5.74) is 2.01. The first-order valence-corrected chi connectivity index (χ1v) is 6.14. The highest BCUT2D eigenvalue weighted by Crippen LogP contribution is 2.33. The fraction of sp³-hybridized carbons (Fsp3) is 0.500. The molecular formula is C14H18O4. The summed E-state index contributed by atoms with van der Waals surface area (Å²) < 4.78 is 10.7. The van der Waals surface area contributed by atoms with Crippen molar-refractivity contribution in [2.45, 2.75) is 25.6 Å². The quantitative estimate of drug-likeness (QED) is 0.891. The number of benzene rings is 1. The number of carboxylic acids is 1. The van der Waals surface area contributed by atoms with E-state index in [9.17, 15) is 9.90 Å². The van der Waals surface area contributed by atoms with E-state index in [-0.39, 0.29) is 6.10 Å². The Hall–Kier alpha value is -1.39. The third kappa shape index (κ3) is 2.89. The van der Waals surface area contributed by atoms with Crippen molar-refractivity contribution in [3.63, 3.8) is 0 Å². The molecule has 2 atom stereocenters. The van der Waals surface area contributed by atoms with Crippen molar-refractivity contribution in [2.75, 3.05) is 13.7 Å². The Labute approximate surface area is 107 Å². The molecule has 2 rings (SSSR count). The van der Waals surface area contributed by atoms with Gasteiger partial charge in [-0.2, -0.15) is 0 Å². The SMILES string of the molecule is COCc1ccc(C2OCCCC2C(=O)O)cc1. The summed E-state index contributed by atoms with van der Waals surface area (Å²) in [5.74, 6) is -1.22. The summed E-state index contributed by atoms with van der Waals surface area (Å²) in [6.45, 7) is 1.20. The van der Waals surface area contributed by atoms with Crippen LogP contribution in [-0.4, -0.2) is 24.8 Å². The molecular weight excluding hydrogens is 232 g/mol. The zero-order valence-corrected chi connectivity index (χ0v) is 10.5. The lowest BCUT2D eigenvalue weighted by Gasteiger charge is -2.29. The lowest BCUT2D eigenvalue weighted by atomic mass is 9.89. The minimum absolute atomic E-state index is 0.326. The number of aliphatic carboxylic acids is 1. The standard InChI is InChI=1S/C14H18O4/c1-17-9-10-4-6-11(7-5-10)13-12(14(15)16)3-2-8-18-13/h4-7,12-13H,2-3,8-9H2,1H3,(H,15,16). The summed E-state index contributed by atoms with van der Waals surface area (Å²) in [6.07, 6.45) is 1.17. The van der Waals surface area contributed by atoms with Crippen LogP contribution in [0, 0.1) is 5.92 Å². The third-order valence-corrected chi connectivity index (χ3v) is 3.26. The van der Waals surface area contributed by atoms with Crippen LogP contribution in [0.25, 0.3) is 0 Å². The Kier molecular flexibility index (Phi) is 4.33. The summed E-state index contributed by atoms with van der Waals surface area (Å²) in [4.78, 5) is 11.2. The summed E-state index contributed by atoms with van der Waals surface area (Å²) in [6, 6.07) is 7.77. The highest BCUT2D eigenvalue weighted by molar-refractivity contribution is 5.71. The van der Waals surface area contributed by atoms with E-state index >= 15 is 0 Å². The van der Waals surface area contributed by atoms with Gasteiger partial charge in [-0.15, -0.1) is 0 Å². The van der Waals surface area contributed by atoms with Crippen LogP contribution in [0.5, 0.6) is 0 Å². The van der Waals surface area contributed by atoms with Gasteiger partial charge in [-0.3, -0.25) is 4.79 Å². The number of hydrogen-bond donors (Lipinski definition) is 1. The Morgan fingerprint density at radius 2 is 2.17 bits per heavy atom. The maximum absolute atomic E-state index is 11.2. The number of rotatable bonds is 4. The monoisotopic (exact) mass is 250 g/mol. The van der Waals surface area contributed by atoms with E-state index in [1.165, 1.54) is 0 Å². The van der Waals surface area contributed by atoms with Gasteiger partial charge in [0.1, 0.15) is 0 Å². The topological polar surface area (TPSA) is 55.8 Å². The van der Waals surface area contributed by atoms with E-state index in [4.69, 9.17) is 9.47 Å². The maximum Gasteiger partial charge on any atom is 0.309 e. The Bertz CT molecular complexity index is 399. The van der Waals surface area contributed by atoms with Crippen LogP contribution in [0.4, 0.5) is 0 Å². The number of methoxy groups -OCH3 is 1. The molecule has 0 amide bonds. The van der Waals surface area contributed by atoms with Crippen molar-refractivity contribution < 1.29 is 19.4 Å². The minimum Gasteiger partial charge on any atom is -0.481 e. The molecule has 1 fully saturated rings. The van der Waals surface area contributed by atoms with Crippen molar-refractivity contribution >= 4 is 5.97 Å². The highest BCUT2D eigenvalue weighted by Gasteiger charge is 2.32. The smallest absolute Gasteiger partial charge is 0.309 e. The van der Waals surface area contributed by atoms with Gasteiger partial charge in [0, 0.05) is 13.7 Å². The van der Waals surface area contributed by atoms with Gasteiger partial charge in [-0.25, -0.2) is 0 Å². The van der Waals surface area contributed by atoms with E-state index in [0.717, 1.165) is 17.5 Å². The Morgan fingerprint density at radius 3 is 2.78 bits per heavy atom. The van der Waals surface area contributed by atoms with Crippen LogP contribution in [-0.2, 0) is 20.9 Å². The lowest BCUT2D eigenvalue weighted by molar-refractivity contribution is -0.151. The average molecular weight is 250 g/mol. The normalized spacial score (nSPS) is 23.8. The van der Waals surface area contributed by atoms with Gasteiger partial charge in [-0.1, -0.05) is 24.3 Å². The fourth-order valence-electron chi connectivity index (χ4n) is 2.33. The first-order chi connectivity index (χ1) is 8.72. The van der Waals surface area contributed by atoms with Crippen molar-refractivity contribution in [1.82, 2.24) is 0 Å². The summed E-state index contributed by atoms with van der Waals surface area (Å²) in [7, 11) is 1.65. The lowest BCUT2D eigenvalue weighted by Crippen LogP contribution is -2.28. The molecule has 4 heteroatoms. The molecule has 1 N–H and O–H groups in total. The number of hydrogen-bond acceptors (Lipinski definition) is 3. The van der Waals surface area contributed by atoms with Gasteiger partial charge in [0.15, 0.2) is 0 Å². The molecule has 1 aliphatic rings. The van der Waals surface area contributed by atoms with Crippen LogP contribution in [0.1, 0.15) is 30.1 Å². The largest absolute Gasteiger partial charge is 0.481 e. The van der Waals surface area contributed by atoms with Gasteiger partial charge >= 0.3 is 5.97 Å². The Morgan fingerprint density at radius 1 is 1.44 bits per heavy atom. The summed E-state index contributed by atoms with van der Waals surface area (Å²) >= 11 is 0. The number of carboxylic acid groups (broad SMARTS) is 1. The predicted octanol–water partition coefficient (Wildman–Crippen LogP) is 2.39. The molecule has 18 heavy (non-hydrogen) atoms. The first kappa shape index (κ1) is 13.1. The molecule has 1 saturated heterocycles. The van der Waals surface area contributed by atoms with E-state index < -0.39 is 11.9 Å². The second-order valence-electron chi connectivity index (χ2n) is 4.55. The Balaban J connectivity index is 2.15. The van der Waals surface area contributed by atoms with Gasteiger partial charge in [0.2, 0.25) is 0 Å². The molecule has 0 spiro atoms. The highest BCUT2D eigenvalue weighted by atomic mass is 16.5.